The molecule has 0 aliphatic carbocycles. The van der Waals surface area contributed by atoms with Gasteiger partial charge in [-0.1, -0.05) is 30.3 Å². The van der Waals surface area contributed by atoms with Crippen LogP contribution in [0.5, 0.6) is 0 Å². The van der Waals surface area contributed by atoms with Gasteiger partial charge in [-0.05, 0) is 46.6 Å². The normalized spacial score (nSPS) is 19.2. The molecule has 0 saturated carbocycles. The minimum atomic E-state index is -0.486. The molecule has 5 heteroatoms. The molecule has 1 amide bonds. The van der Waals surface area contributed by atoms with Crippen LogP contribution in [0.2, 0.25) is 0 Å². The summed E-state index contributed by atoms with van der Waals surface area (Å²) in [6.45, 7) is 12.3. The minimum absolute atomic E-state index is 0.103. The average Bonchev–Trinajstić information content (AvgIpc) is 3.05. The van der Waals surface area contributed by atoms with Gasteiger partial charge in [0.15, 0.2) is 0 Å². The summed E-state index contributed by atoms with van der Waals surface area (Å²) in [5.74, 6) is -0.238. The van der Waals surface area contributed by atoms with Crippen LogP contribution in [-0.4, -0.2) is 53.5 Å². The smallest absolute Gasteiger partial charge is 0.310 e. The van der Waals surface area contributed by atoms with E-state index in [1.54, 1.807) is 0 Å². The Bertz CT molecular complexity index is 605. The fraction of sp³-hybridized carbons (Fsp3) is 0.619. The molecule has 1 heterocycles. The zero-order valence-corrected chi connectivity index (χ0v) is 16.7. The van der Waals surface area contributed by atoms with Crippen LogP contribution < -0.4 is 0 Å². The summed E-state index contributed by atoms with van der Waals surface area (Å²) >= 11 is 0. The van der Waals surface area contributed by atoms with Crippen LogP contribution in [0.3, 0.4) is 0 Å². The highest BCUT2D eigenvalue weighted by Crippen LogP contribution is 2.30. The summed E-state index contributed by atoms with van der Waals surface area (Å²) in [6, 6.07) is 9.51. The molecule has 0 radical (unpaired) electrons. The molecule has 5 nitrogen and oxygen atoms in total. The number of rotatable bonds is 6. The van der Waals surface area contributed by atoms with Gasteiger partial charge in [0, 0.05) is 26.2 Å². The quantitative estimate of drug-likeness (QED) is 0.731. The molecule has 1 aliphatic heterocycles. The number of likely N-dealkylation sites (tertiary alicyclic amines) is 1. The molecule has 1 aromatic carbocycles. The summed E-state index contributed by atoms with van der Waals surface area (Å²) in [6.07, 6.45) is 0.726. The van der Waals surface area contributed by atoms with Crippen LogP contribution in [0.1, 0.15) is 52.6 Å². The van der Waals surface area contributed by atoms with E-state index in [0.29, 0.717) is 19.6 Å². The first-order valence-corrected chi connectivity index (χ1v) is 9.57. The summed E-state index contributed by atoms with van der Waals surface area (Å²) < 4.78 is 5.54. The number of benzene rings is 1. The first-order valence-electron chi connectivity index (χ1n) is 9.57. The van der Waals surface area contributed by atoms with Gasteiger partial charge in [-0.15, -0.1) is 0 Å². The van der Waals surface area contributed by atoms with E-state index in [1.165, 1.54) is 0 Å². The molecular formula is C21H32N2O3. The van der Waals surface area contributed by atoms with E-state index in [9.17, 15) is 9.59 Å². The van der Waals surface area contributed by atoms with Crippen molar-refractivity contribution in [2.45, 2.75) is 52.7 Å². The van der Waals surface area contributed by atoms with Crippen LogP contribution in [0, 0.1) is 5.92 Å². The van der Waals surface area contributed by atoms with Gasteiger partial charge in [0.25, 0.3) is 0 Å². The standard InChI is InChI=1S/C21H32N2O3/c1-6-22(7-2)19(24)18(16-11-9-8-10-12-16)23-14-13-17(15-23)20(25)26-21(3,4)5/h8-12,17-18H,6-7,13-15H2,1-5H3/t17-,18-/m1/s1. The molecule has 144 valence electrons. The van der Waals surface area contributed by atoms with Crippen LogP contribution >= 0.6 is 0 Å². The lowest BCUT2D eigenvalue weighted by Crippen LogP contribution is -2.42. The predicted molar refractivity (Wildman–Crippen MR) is 103 cm³/mol. The number of nitrogens with zero attached hydrogens (tertiary/aromatic N) is 2. The third-order valence-corrected chi connectivity index (χ3v) is 4.75. The highest BCUT2D eigenvalue weighted by Gasteiger charge is 2.38. The first kappa shape index (κ1) is 20.4. The van der Waals surface area contributed by atoms with E-state index in [0.717, 1.165) is 18.5 Å². The minimum Gasteiger partial charge on any atom is -0.460 e. The van der Waals surface area contributed by atoms with Gasteiger partial charge < -0.3 is 9.64 Å². The van der Waals surface area contributed by atoms with Crippen molar-refractivity contribution in [3.8, 4) is 0 Å². The van der Waals surface area contributed by atoms with Crippen LogP contribution in [0.25, 0.3) is 0 Å². The molecule has 0 N–H and O–H groups in total. The summed E-state index contributed by atoms with van der Waals surface area (Å²) in [7, 11) is 0. The lowest BCUT2D eigenvalue weighted by atomic mass is 10.0. The Balaban J connectivity index is 2.19. The van der Waals surface area contributed by atoms with E-state index < -0.39 is 5.60 Å². The molecule has 2 atom stereocenters. The van der Waals surface area contributed by atoms with Crippen LogP contribution in [0.15, 0.2) is 30.3 Å². The fourth-order valence-corrected chi connectivity index (χ4v) is 3.45. The molecule has 1 aliphatic rings. The maximum absolute atomic E-state index is 13.2. The number of carbonyl (C=O) groups is 2. The molecular weight excluding hydrogens is 328 g/mol. The Morgan fingerprint density at radius 1 is 1.19 bits per heavy atom. The fourth-order valence-electron chi connectivity index (χ4n) is 3.45. The van der Waals surface area contributed by atoms with E-state index in [2.05, 4.69) is 4.90 Å². The summed E-state index contributed by atoms with van der Waals surface area (Å²) in [5, 5.41) is 0. The van der Waals surface area contributed by atoms with Gasteiger partial charge in [0.2, 0.25) is 5.91 Å². The monoisotopic (exact) mass is 360 g/mol. The van der Waals surface area contributed by atoms with Gasteiger partial charge in [0.05, 0.1) is 5.92 Å². The van der Waals surface area contributed by atoms with Crippen molar-refractivity contribution in [2.24, 2.45) is 5.92 Å². The van der Waals surface area contributed by atoms with Crippen molar-refractivity contribution in [2.75, 3.05) is 26.2 Å². The number of hydrogen-bond donors (Lipinski definition) is 0. The molecule has 0 spiro atoms. The third-order valence-electron chi connectivity index (χ3n) is 4.75. The van der Waals surface area contributed by atoms with Crippen molar-refractivity contribution < 1.29 is 14.3 Å². The van der Waals surface area contributed by atoms with Crippen molar-refractivity contribution >= 4 is 11.9 Å². The predicted octanol–water partition coefficient (Wildman–Crippen LogP) is 3.26. The number of hydrogen-bond acceptors (Lipinski definition) is 4. The van der Waals surface area contributed by atoms with E-state index in [4.69, 9.17) is 4.74 Å². The maximum Gasteiger partial charge on any atom is 0.310 e. The van der Waals surface area contributed by atoms with E-state index in [-0.39, 0.29) is 23.8 Å². The highest BCUT2D eigenvalue weighted by molar-refractivity contribution is 5.83. The van der Waals surface area contributed by atoms with Gasteiger partial charge in [0.1, 0.15) is 11.6 Å². The van der Waals surface area contributed by atoms with Crippen molar-refractivity contribution in [1.29, 1.82) is 0 Å². The second-order valence-electron chi connectivity index (χ2n) is 7.84. The average molecular weight is 360 g/mol. The second-order valence-corrected chi connectivity index (χ2v) is 7.84. The van der Waals surface area contributed by atoms with Crippen LogP contribution in [0.4, 0.5) is 0 Å². The molecule has 0 bridgehead atoms. The summed E-state index contributed by atoms with van der Waals surface area (Å²) in [4.78, 5) is 29.6. The van der Waals surface area contributed by atoms with Gasteiger partial charge in [-0.25, -0.2) is 0 Å². The Labute approximate surface area is 157 Å². The zero-order valence-electron chi connectivity index (χ0n) is 16.7. The molecule has 1 saturated heterocycles. The number of esters is 1. The third kappa shape index (κ3) is 5.07. The highest BCUT2D eigenvalue weighted by atomic mass is 16.6. The van der Waals surface area contributed by atoms with Crippen LogP contribution in [-0.2, 0) is 14.3 Å². The van der Waals surface area contributed by atoms with Crippen molar-refractivity contribution in [1.82, 2.24) is 9.80 Å². The Morgan fingerprint density at radius 3 is 2.35 bits per heavy atom. The number of amides is 1. The number of carbonyl (C=O) groups excluding carboxylic acids is 2. The summed E-state index contributed by atoms with van der Waals surface area (Å²) in [5.41, 5.74) is 0.495. The largest absolute Gasteiger partial charge is 0.460 e. The number of ether oxygens (including phenoxy) is 1. The lowest BCUT2D eigenvalue weighted by molar-refractivity contribution is -0.159. The van der Waals surface area contributed by atoms with E-state index >= 15 is 0 Å². The molecule has 2 rings (SSSR count). The Hall–Kier alpha value is -1.88. The van der Waals surface area contributed by atoms with Gasteiger partial charge in [-0.2, -0.15) is 0 Å². The molecule has 0 aromatic heterocycles. The zero-order chi connectivity index (χ0) is 19.3. The first-order chi connectivity index (χ1) is 12.3. The van der Waals surface area contributed by atoms with Crippen molar-refractivity contribution in [3.63, 3.8) is 0 Å². The van der Waals surface area contributed by atoms with Gasteiger partial charge >= 0.3 is 5.97 Å². The second kappa shape index (κ2) is 8.67. The molecule has 1 aromatic rings. The van der Waals surface area contributed by atoms with Gasteiger partial charge in [-0.3, -0.25) is 14.5 Å². The van der Waals surface area contributed by atoms with E-state index in [1.807, 2.05) is 69.9 Å². The molecule has 1 fully saturated rings. The Kier molecular flexibility index (Phi) is 6.81. The molecule has 26 heavy (non-hydrogen) atoms. The lowest BCUT2D eigenvalue weighted by Gasteiger charge is -2.32. The molecule has 0 unspecified atom stereocenters. The SMILES string of the molecule is CCN(CC)C(=O)[C@@H](c1ccccc1)N1CC[C@@H](C(=O)OC(C)(C)C)C1. The van der Waals surface area contributed by atoms with Crippen molar-refractivity contribution in [3.05, 3.63) is 35.9 Å². The maximum atomic E-state index is 13.2. The number of likely N-dealkylation sites (N-methyl/N-ethyl adjacent to an activating group) is 1. The topological polar surface area (TPSA) is 49.9 Å². The Morgan fingerprint density at radius 2 is 1.81 bits per heavy atom.